The van der Waals surface area contributed by atoms with E-state index in [4.69, 9.17) is 4.74 Å². The summed E-state index contributed by atoms with van der Waals surface area (Å²) in [6.45, 7) is 8.51. The topological polar surface area (TPSA) is 24.5 Å². The van der Waals surface area contributed by atoms with Crippen LogP contribution in [0.2, 0.25) is 0 Å². The third kappa shape index (κ3) is 3.95. The summed E-state index contributed by atoms with van der Waals surface area (Å²) in [7, 11) is 1.76. The van der Waals surface area contributed by atoms with Gasteiger partial charge in [-0.3, -0.25) is 0 Å². The summed E-state index contributed by atoms with van der Waals surface area (Å²) < 4.78 is 5.31. The molecule has 106 valence electrons. The molecule has 1 aromatic carbocycles. The molecule has 1 heterocycles. The predicted molar refractivity (Wildman–Crippen MR) is 80.6 cm³/mol. The molecule has 1 unspecified atom stereocenters. The molecule has 1 saturated heterocycles. The van der Waals surface area contributed by atoms with Gasteiger partial charge in [-0.15, -0.1) is 0 Å². The molecule has 3 heteroatoms. The molecule has 1 atom stereocenters. The first kappa shape index (κ1) is 14.4. The van der Waals surface area contributed by atoms with Crippen LogP contribution in [0.1, 0.15) is 25.8 Å². The van der Waals surface area contributed by atoms with Crippen molar-refractivity contribution in [2.75, 3.05) is 31.6 Å². The summed E-state index contributed by atoms with van der Waals surface area (Å²) in [5.74, 6) is 0.742. The zero-order valence-electron chi connectivity index (χ0n) is 12.4. The summed E-state index contributed by atoms with van der Waals surface area (Å²) in [6.07, 6.45) is 1.24. The van der Waals surface area contributed by atoms with Crippen molar-refractivity contribution in [2.45, 2.75) is 32.9 Å². The summed E-state index contributed by atoms with van der Waals surface area (Å²) in [5, 5.41) is 3.63. The Morgan fingerprint density at radius 1 is 1.37 bits per heavy atom. The number of para-hydroxylation sites is 1. The highest BCUT2D eigenvalue weighted by molar-refractivity contribution is 5.54. The van der Waals surface area contributed by atoms with E-state index in [0.717, 1.165) is 25.6 Å². The van der Waals surface area contributed by atoms with Crippen LogP contribution >= 0.6 is 0 Å². The second-order valence-corrected chi connectivity index (χ2v) is 5.79. The number of nitrogens with zero attached hydrogens (tertiary/aromatic N) is 1. The maximum atomic E-state index is 5.31. The molecule has 0 amide bonds. The highest BCUT2D eigenvalue weighted by Crippen LogP contribution is 2.23. The molecular formula is C16H26N2O. The van der Waals surface area contributed by atoms with Crippen LogP contribution in [0.15, 0.2) is 24.3 Å². The van der Waals surface area contributed by atoms with Crippen molar-refractivity contribution in [1.82, 2.24) is 5.32 Å². The molecule has 3 nitrogen and oxygen atoms in total. The van der Waals surface area contributed by atoms with Crippen LogP contribution in [0, 0.1) is 5.92 Å². The van der Waals surface area contributed by atoms with Crippen LogP contribution < -0.4 is 10.2 Å². The summed E-state index contributed by atoms with van der Waals surface area (Å²) in [4.78, 5) is 2.50. The lowest BCUT2D eigenvalue weighted by Crippen LogP contribution is -2.51. The number of benzene rings is 1. The molecule has 0 aliphatic carbocycles. The Balaban J connectivity index is 2.08. The van der Waals surface area contributed by atoms with E-state index in [0.29, 0.717) is 12.6 Å². The average molecular weight is 262 g/mol. The van der Waals surface area contributed by atoms with Crippen LogP contribution in [0.25, 0.3) is 0 Å². The third-order valence-corrected chi connectivity index (χ3v) is 3.64. The summed E-state index contributed by atoms with van der Waals surface area (Å²) >= 11 is 0. The Labute approximate surface area is 116 Å². The van der Waals surface area contributed by atoms with Gasteiger partial charge in [0.25, 0.3) is 0 Å². The number of methoxy groups -OCH3 is 1. The second kappa shape index (κ2) is 6.92. The van der Waals surface area contributed by atoms with Gasteiger partial charge in [-0.2, -0.15) is 0 Å². The molecule has 0 spiro atoms. The van der Waals surface area contributed by atoms with Crippen LogP contribution in [0.5, 0.6) is 0 Å². The summed E-state index contributed by atoms with van der Waals surface area (Å²) in [6, 6.07) is 9.19. The number of hydrogen-bond donors (Lipinski definition) is 1. The van der Waals surface area contributed by atoms with Crippen LogP contribution in [0.4, 0.5) is 5.69 Å². The number of nitrogens with one attached hydrogen (secondary N) is 1. The van der Waals surface area contributed by atoms with Crippen molar-refractivity contribution in [3.8, 4) is 0 Å². The lowest BCUT2D eigenvalue weighted by Gasteiger charge is -2.37. The third-order valence-electron chi connectivity index (χ3n) is 3.64. The predicted octanol–water partition coefficient (Wildman–Crippen LogP) is 2.66. The molecule has 1 fully saturated rings. The first-order chi connectivity index (χ1) is 9.20. The fourth-order valence-corrected chi connectivity index (χ4v) is 2.87. The lowest BCUT2D eigenvalue weighted by molar-refractivity contribution is 0.185. The van der Waals surface area contributed by atoms with Gasteiger partial charge in [0.2, 0.25) is 0 Å². The van der Waals surface area contributed by atoms with Crippen molar-refractivity contribution in [3.63, 3.8) is 0 Å². The Kier molecular flexibility index (Phi) is 5.23. The van der Waals surface area contributed by atoms with E-state index in [1.54, 1.807) is 7.11 Å². The van der Waals surface area contributed by atoms with E-state index >= 15 is 0 Å². The minimum Gasteiger partial charge on any atom is -0.380 e. The zero-order chi connectivity index (χ0) is 13.7. The molecule has 1 aliphatic rings. The standard InChI is InChI=1S/C16H26N2O/c1-13(2)10-15-11-18(9-8-17-15)16-7-5-4-6-14(16)12-19-3/h4-7,13,15,17H,8-12H2,1-3H3. The first-order valence-corrected chi connectivity index (χ1v) is 7.26. The Hall–Kier alpha value is -1.06. The number of anilines is 1. The smallest absolute Gasteiger partial charge is 0.0733 e. The van der Waals surface area contributed by atoms with Crippen molar-refractivity contribution in [3.05, 3.63) is 29.8 Å². The van der Waals surface area contributed by atoms with Gasteiger partial charge in [0.15, 0.2) is 0 Å². The van der Waals surface area contributed by atoms with Crippen molar-refractivity contribution >= 4 is 5.69 Å². The van der Waals surface area contributed by atoms with Crippen molar-refractivity contribution in [1.29, 1.82) is 0 Å². The Morgan fingerprint density at radius 3 is 2.89 bits per heavy atom. The van der Waals surface area contributed by atoms with Gasteiger partial charge >= 0.3 is 0 Å². The number of rotatable bonds is 5. The van der Waals surface area contributed by atoms with E-state index < -0.39 is 0 Å². The molecule has 19 heavy (non-hydrogen) atoms. The average Bonchev–Trinajstić information content (AvgIpc) is 2.39. The molecule has 2 rings (SSSR count). The number of hydrogen-bond acceptors (Lipinski definition) is 3. The SMILES string of the molecule is COCc1ccccc1N1CCNC(CC(C)C)C1. The van der Waals surface area contributed by atoms with Gasteiger partial charge in [-0.05, 0) is 18.4 Å². The van der Waals surface area contributed by atoms with E-state index in [2.05, 4.69) is 48.3 Å². The zero-order valence-corrected chi connectivity index (χ0v) is 12.4. The Morgan fingerprint density at radius 2 is 2.16 bits per heavy atom. The normalized spacial score (nSPS) is 20.0. The number of ether oxygens (including phenoxy) is 1. The highest BCUT2D eigenvalue weighted by Gasteiger charge is 2.21. The lowest BCUT2D eigenvalue weighted by atomic mass is 10.0. The van der Waals surface area contributed by atoms with E-state index in [1.165, 1.54) is 17.7 Å². The largest absolute Gasteiger partial charge is 0.380 e. The molecule has 0 saturated carbocycles. The quantitative estimate of drug-likeness (QED) is 0.883. The molecule has 0 radical (unpaired) electrons. The van der Waals surface area contributed by atoms with Gasteiger partial charge < -0.3 is 15.0 Å². The van der Waals surface area contributed by atoms with Gasteiger partial charge in [0.1, 0.15) is 0 Å². The first-order valence-electron chi connectivity index (χ1n) is 7.26. The Bertz CT molecular complexity index is 392. The summed E-state index contributed by atoms with van der Waals surface area (Å²) in [5.41, 5.74) is 2.62. The van der Waals surface area contributed by atoms with Crippen LogP contribution in [-0.2, 0) is 11.3 Å². The van der Waals surface area contributed by atoms with Gasteiger partial charge in [0.05, 0.1) is 6.61 Å². The molecule has 0 bridgehead atoms. The monoisotopic (exact) mass is 262 g/mol. The highest BCUT2D eigenvalue weighted by atomic mass is 16.5. The molecule has 1 aliphatic heterocycles. The molecule has 1 N–H and O–H groups in total. The maximum absolute atomic E-state index is 5.31. The van der Waals surface area contributed by atoms with E-state index in [-0.39, 0.29) is 0 Å². The van der Waals surface area contributed by atoms with Crippen molar-refractivity contribution in [2.24, 2.45) is 5.92 Å². The van der Waals surface area contributed by atoms with Gasteiger partial charge in [-0.25, -0.2) is 0 Å². The minimum atomic E-state index is 0.601. The minimum absolute atomic E-state index is 0.601. The van der Waals surface area contributed by atoms with Crippen LogP contribution in [-0.4, -0.2) is 32.8 Å². The van der Waals surface area contributed by atoms with Crippen LogP contribution in [0.3, 0.4) is 0 Å². The molecular weight excluding hydrogens is 236 g/mol. The van der Waals surface area contributed by atoms with E-state index in [9.17, 15) is 0 Å². The van der Waals surface area contributed by atoms with Gasteiger partial charge in [-0.1, -0.05) is 32.0 Å². The molecule has 0 aromatic heterocycles. The second-order valence-electron chi connectivity index (χ2n) is 5.79. The molecule has 1 aromatic rings. The fraction of sp³-hybridized carbons (Fsp3) is 0.625. The van der Waals surface area contributed by atoms with Gasteiger partial charge in [0, 0.05) is 44.0 Å². The fourth-order valence-electron chi connectivity index (χ4n) is 2.87. The number of piperazine rings is 1. The van der Waals surface area contributed by atoms with Crippen molar-refractivity contribution < 1.29 is 4.74 Å². The van der Waals surface area contributed by atoms with E-state index in [1.807, 2.05) is 0 Å². The maximum Gasteiger partial charge on any atom is 0.0733 e.